The largest absolute Gasteiger partial charge is 0.416 e. The number of benzene rings is 2. The van der Waals surface area contributed by atoms with Crippen LogP contribution < -0.4 is 5.32 Å². The van der Waals surface area contributed by atoms with Gasteiger partial charge in [0, 0.05) is 29.9 Å². The fourth-order valence-electron chi connectivity index (χ4n) is 3.02. The van der Waals surface area contributed by atoms with Gasteiger partial charge >= 0.3 is 6.18 Å². The summed E-state index contributed by atoms with van der Waals surface area (Å²) in [5.74, 6) is -0.693. The molecule has 0 atom stereocenters. The molecule has 0 aromatic heterocycles. The van der Waals surface area contributed by atoms with E-state index in [1.165, 1.54) is 12.1 Å². The lowest BCUT2D eigenvalue weighted by Gasteiger charge is -2.26. The van der Waals surface area contributed by atoms with Gasteiger partial charge in [-0.15, -0.1) is 0 Å². The van der Waals surface area contributed by atoms with Crippen LogP contribution in [0.1, 0.15) is 45.5 Å². The average Bonchev–Trinajstić information content (AvgIpc) is 2.68. The quantitative estimate of drug-likeness (QED) is 0.852. The molecule has 7 heteroatoms. The molecule has 27 heavy (non-hydrogen) atoms. The van der Waals surface area contributed by atoms with Gasteiger partial charge in [0.15, 0.2) is 0 Å². The topological polar surface area (TPSA) is 49.4 Å². The zero-order valence-electron chi connectivity index (χ0n) is 14.6. The van der Waals surface area contributed by atoms with Gasteiger partial charge in [-0.25, -0.2) is 0 Å². The maximum Gasteiger partial charge on any atom is 0.416 e. The molecule has 2 aromatic carbocycles. The molecule has 1 N–H and O–H groups in total. The zero-order chi connectivity index (χ0) is 19.4. The molecule has 3 rings (SSSR count). The Hall–Kier alpha value is -2.83. The number of rotatable bonds is 3. The summed E-state index contributed by atoms with van der Waals surface area (Å²) in [5.41, 5.74) is -0.0301. The molecular weight excluding hydrogens is 357 g/mol. The third-order valence-corrected chi connectivity index (χ3v) is 4.49. The first-order chi connectivity index (χ1) is 12.8. The number of hydrogen-bond donors (Lipinski definition) is 1. The third kappa shape index (κ3) is 4.67. The molecule has 1 aliphatic heterocycles. The van der Waals surface area contributed by atoms with Crippen molar-refractivity contribution in [1.29, 1.82) is 0 Å². The number of halogens is 3. The highest BCUT2D eigenvalue weighted by Crippen LogP contribution is 2.29. The van der Waals surface area contributed by atoms with Crippen molar-refractivity contribution in [3.63, 3.8) is 0 Å². The fourth-order valence-corrected chi connectivity index (χ4v) is 3.02. The van der Waals surface area contributed by atoms with Crippen LogP contribution in [-0.2, 0) is 6.18 Å². The summed E-state index contributed by atoms with van der Waals surface area (Å²) in [7, 11) is 0. The molecule has 0 unspecified atom stereocenters. The zero-order valence-corrected chi connectivity index (χ0v) is 14.6. The van der Waals surface area contributed by atoms with E-state index in [-0.39, 0.29) is 11.5 Å². The van der Waals surface area contributed by atoms with E-state index in [0.29, 0.717) is 11.3 Å². The second-order valence-electron chi connectivity index (χ2n) is 6.46. The number of likely N-dealkylation sites (tertiary alicyclic amines) is 1. The summed E-state index contributed by atoms with van der Waals surface area (Å²) in [5, 5.41) is 2.55. The Labute approximate surface area is 155 Å². The lowest BCUT2D eigenvalue weighted by molar-refractivity contribution is -0.137. The van der Waals surface area contributed by atoms with E-state index in [4.69, 9.17) is 0 Å². The lowest BCUT2D eigenvalue weighted by atomic mass is 10.1. The maximum atomic E-state index is 12.8. The van der Waals surface area contributed by atoms with Crippen LogP contribution in [0.15, 0.2) is 48.5 Å². The van der Waals surface area contributed by atoms with Crippen molar-refractivity contribution in [1.82, 2.24) is 4.90 Å². The van der Waals surface area contributed by atoms with Crippen LogP contribution in [0.2, 0.25) is 0 Å². The van der Waals surface area contributed by atoms with Gasteiger partial charge in [-0.1, -0.05) is 6.07 Å². The lowest BCUT2D eigenvalue weighted by Crippen LogP contribution is -2.35. The van der Waals surface area contributed by atoms with Crippen molar-refractivity contribution in [2.45, 2.75) is 25.4 Å². The van der Waals surface area contributed by atoms with Crippen LogP contribution in [0.25, 0.3) is 0 Å². The minimum Gasteiger partial charge on any atom is -0.339 e. The van der Waals surface area contributed by atoms with Crippen molar-refractivity contribution in [3.8, 4) is 0 Å². The molecule has 1 fully saturated rings. The molecule has 0 spiro atoms. The molecule has 2 amide bonds. The number of carbonyl (C=O) groups is 2. The summed E-state index contributed by atoms with van der Waals surface area (Å²) < 4.78 is 38.3. The molecule has 1 heterocycles. The maximum absolute atomic E-state index is 12.8. The summed E-state index contributed by atoms with van der Waals surface area (Å²) in [4.78, 5) is 26.4. The highest BCUT2D eigenvalue weighted by atomic mass is 19.4. The minimum atomic E-state index is -4.51. The van der Waals surface area contributed by atoms with Gasteiger partial charge in [0.05, 0.1) is 5.56 Å². The van der Waals surface area contributed by atoms with E-state index < -0.39 is 17.6 Å². The number of nitrogens with zero attached hydrogens (tertiary/aromatic N) is 1. The second-order valence-corrected chi connectivity index (χ2v) is 6.46. The van der Waals surface area contributed by atoms with Crippen molar-refractivity contribution in [2.75, 3.05) is 18.4 Å². The number of amides is 2. The van der Waals surface area contributed by atoms with Gasteiger partial charge in [-0.05, 0) is 61.7 Å². The summed E-state index contributed by atoms with van der Waals surface area (Å²) >= 11 is 0. The van der Waals surface area contributed by atoms with E-state index in [2.05, 4.69) is 5.32 Å². The summed E-state index contributed by atoms with van der Waals surface area (Å²) in [6.07, 6.45) is -1.38. The SMILES string of the molecule is O=C(Nc1ccc(C(=O)N2CCCCC2)cc1)c1cccc(C(F)(F)F)c1. The van der Waals surface area contributed by atoms with Gasteiger partial charge < -0.3 is 10.2 Å². The van der Waals surface area contributed by atoms with Gasteiger partial charge in [-0.2, -0.15) is 13.2 Å². The number of piperidine rings is 1. The van der Waals surface area contributed by atoms with Gasteiger partial charge in [-0.3, -0.25) is 9.59 Å². The van der Waals surface area contributed by atoms with Gasteiger partial charge in [0.25, 0.3) is 11.8 Å². The summed E-state index contributed by atoms with van der Waals surface area (Å²) in [6.45, 7) is 1.49. The summed E-state index contributed by atoms with van der Waals surface area (Å²) in [6, 6.07) is 10.6. The molecule has 0 saturated carbocycles. The molecule has 142 valence electrons. The first-order valence-corrected chi connectivity index (χ1v) is 8.72. The molecule has 1 saturated heterocycles. The van der Waals surface area contributed by atoms with Crippen molar-refractivity contribution in [3.05, 3.63) is 65.2 Å². The Bertz CT molecular complexity index is 826. The number of alkyl halides is 3. The molecule has 0 aliphatic carbocycles. The highest BCUT2D eigenvalue weighted by Gasteiger charge is 2.30. The van der Waals surface area contributed by atoms with Crippen LogP contribution in [-0.4, -0.2) is 29.8 Å². The Morgan fingerprint density at radius 3 is 2.19 bits per heavy atom. The number of nitrogens with one attached hydrogen (secondary N) is 1. The second kappa shape index (κ2) is 7.82. The van der Waals surface area contributed by atoms with E-state index in [1.54, 1.807) is 29.2 Å². The Morgan fingerprint density at radius 1 is 0.889 bits per heavy atom. The van der Waals surface area contributed by atoms with Crippen LogP contribution in [0.3, 0.4) is 0 Å². The van der Waals surface area contributed by atoms with E-state index >= 15 is 0 Å². The monoisotopic (exact) mass is 376 g/mol. The Morgan fingerprint density at radius 2 is 1.56 bits per heavy atom. The van der Waals surface area contributed by atoms with Crippen LogP contribution >= 0.6 is 0 Å². The molecule has 0 bridgehead atoms. The van der Waals surface area contributed by atoms with Crippen LogP contribution in [0, 0.1) is 0 Å². The van der Waals surface area contributed by atoms with Gasteiger partial charge in [0.2, 0.25) is 0 Å². The number of hydrogen-bond acceptors (Lipinski definition) is 2. The fraction of sp³-hybridized carbons (Fsp3) is 0.300. The number of carbonyl (C=O) groups excluding carboxylic acids is 2. The van der Waals surface area contributed by atoms with Crippen molar-refractivity contribution in [2.24, 2.45) is 0 Å². The predicted octanol–water partition coefficient (Wildman–Crippen LogP) is 4.58. The van der Waals surface area contributed by atoms with Crippen LogP contribution in [0.5, 0.6) is 0 Å². The first kappa shape index (κ1) is 18.9. The Balaban J connectivity index is 1.67. The Kier molecular flexibility index (Phi) is 5.48. The molecule has 0 radical (unpaired) electrons. The highest BCUT2D eigenvalue weighted by molar-refractivity contribution is 6.04. The first-order valence-electron chi connectivity index (χ1n) is 8.72. The van der Waals surface area contributed by atoms with Crippen LogP contribution in [0.4, 0.5) is 18.9 Å². The van der Waals surface area contributed by atoms with Crippen molar-refractivity contribution < 1.29 is 22.8 Å². The van der Waals surface area contributed by atoms with E-state index in [0.717, 1.165) is 44.5 Å². The predicted molar refractivity (Wildman–Crippen MR) is 95.6 cm³/mol. The van der Waals surface area contributed by atoms with Gasteiger partial charge in [0.1, 0.15) is 0 Å². The van der Waals surface area contributed by atoms with E-state index in [9.17, 15) is 22.8 Å². The average molecular weight is 376 g/mol. The van der Waals surface area contributed by atoms with E-state index in [1.807, 2.05) is 0 Å². The molecular formula is C20H19F3N2O2. The standard InChI is InChI=1S/C20H19F3N2O2/c21-20(22,23)16-6-4-5-15(13-16)18(26)24-17-9-7-14(8-10-17)19(27)25-11-2-1-3-12-25/h4-10,13H,1-3,11-12H2,(H,24,26). The smallest absolute Gasteiger partial charge is 0.339 e. The molecule has 4 nitrogen and oxygen atoms in total. The molecule has 2 aromatic rings. The number of anilines is 1. The molecule has 1 aliphatic rings. The minimum absolute atomic E-state index is 0.0505. The third-order valence-electron chi connectivity index (χ3n) is 4.49. The normalized spacial score (nSPS) is 14.7. The van der Waals surface area contributed by atoms with Crippen molar-refractivity contribution >= 4 is 17.5 Å².